The second-order valence-electron chi connectivity index (χ2n) is 4.07. The molecule has 2 aromatic carbocycles. The maximum atomic E-state index is 4.18. The molecule has 2 aromatic rings. The molecule has 1 heteroatoms. The minimum absolute atomic E-state index is 1.05. The van der Waals surface area contributed by atoms with Crippen LogP contribution in [0.5, 0.6) is 0 Å². The van der Waals surface area contributed by atoms with Gasteiger partial charge >= 0.3 is 0 Å². The van der Waals surface area contributed by atoms with E-state index >= 15 is 0 Å². The van der Waals surface area contributed by atoms with Crippen molar-refractivity contribution in [2.75, 3.05) is 0 Å². The predicted octanol–water partition coefficient (Wildman–Crippen LogP) is 3.59. The average molecular weight is 346 g/mol. The van der Waals surface area contributed by atoms with Crippen LogP contribution in [0.2, 0.25) is 0 Å². The van der Waals surface area contributed by atoms with Crippen LogP contribution >= 0.6 is 22.6 Å². The summed E-state index contributed by atoms with van der Waals surface area (Å²) in [6, 6.07) is 16.7. The van der Waals surface area contributed by atoms with Crippen LogP contribution in [-0.4, -0.2) is 0 Å². The van der Waals surface area contributed by atoms with Crippen LogP contribution in [-0.2, 0) is 0 Å². The van der Waals surface area contributed by atoms with Crippen LogP contribution in [0.3, 0.4) is 0 Å². The molecule has 2 rings (SSSR count). The van der Waals surface area contributed by atoms with Crippen LogP contribution < -0.4 is 10.4 Å². The van der Waals surface area contributed by atoms with Gasteiger partial charge in [-0.1, -0.05) is 55.1 Å². The average Bonchev–Trinajstić information content (AvgIpc) is 2.39. The molecule has 0 atom stereocenters. The lowest BCUT2D eigenvalue weighted by atomic mass is 10.1. The highest BCUT2D eigenvalue weighted by Crippen LogP contribution is 2.20. The predicted molar refractivity (Wildman–Crippen MR) is 88.5 cm³/mol. The van der Waals surface area contributed by atoms with Crippen molar-refractivity contribution in [3.05, 3.63) is 74.7 Å². The van der Waals surface area contributed by atoms with Gasteiger partial charge in [-0.15, -0.1) is 0 Å². The van der Waals surface area contributed by atoms with E-state index < -0.39 is 0 Å². The van der Waals surface area contributed by atoms with E-state index in [9.17, 15) is 0 Å². The highest BCUT2D eigenvalue weighted by atomic mass is 127. The second-order valence-corrected chi connectivity index (χ2v) is 5.23. The quantitative estimate of drug-likeness (QED) is 0.729. The third kappa shape index (κ3) is 2.91. The van der Waals surface area contributed by atoms with E-state index in [0.717, 1.165) is 5.57 Å². The molecular formula is C17H15I. The molecule has 90 valence electrons. The van der Waals surface area contributed by atoms with E-state index in [1.54, 1.807) is 0 Å². The Labute approximate surface area is 122 Å². The molecule has 0 nitrogen and oxygen atoms in total. The molecule has 0 radical (unpaired) electrons. The van der Waals surface area contributed by atoms with Crippen molar-refractivity contribution in [3.63, 3.8) is 0 Å². The zero-order valence-corrected chi connectivity index (χ0v) is 12.5. The third-order valence-corrected chi connectivity index (χ3v) is 3.80. The second kappa shape index (κ2) is 6.01. The molecule has 0 saturated heterocycles. The summed E-state index contributed by atoms with van der Waals surface area (Å²) in [5.74, 6) is 0. The molecule has 0 unspecified atom stereocenters. The fraction of sp³-hybridized carbons (Fsp3) is 0.0588. The summed E-state index contributed by atoms with van der Waals surface area (Å²) in [7, 11) is 0. The van der Waals surface area contributed by atoms with E-state index in [4.69, 9.17) is 0 Å². The van der Waals surface area contributed by atoms with Gasteiger partial charge in [-0.25, -0.2) is 0 Å². The Bertz CT molecular complexity index is 681. The maximum absolute atomic E-state index is 4.18. The van der Waals surface area contributed by atoms with Crippen molar-refractivity contribution in [1.82, 2.24) is 0 Å². The molecule has 0 spiro atoms. The Hall–Kier alpha value is -1.35. The van der Waals surface area contributed by atoms with Gasteiger partial charge < -0.3 is 0 Å². The van der Waals surface area contributed by atoms with Crippen molar-refractivity contribution in [1.29, 1.82) is 0 Å². The third-order valence-electron chi connectivity index (χ3n) is 2.86. The highest BCUT2D eigenvalue weighted by molar-refractivity contribution is 14.1. The zero-order valence-electron chi connectivity index (χ0n) is 10.4. The van der Waals surface area contributed by atoms with E-state index in [-0.39, 0.29) is 0 Å². The van der Waals surface area contributed by atoms with Crippen molar-refractivity contribution in [3.8, 4) is 0 Å². The van der Waals surface area contributed by atoms with Gasteiger partial charge in [-0.3, -0.25) is 0 Å². The number of rotatable bonds is 2. The fourth-order valence-corrected chi connectivity index (χ4v) is 2.63. The molecule has 0 amide bonds. The maximum Gasteiger partial charge on any atom is 0.0208 e. The van der Waals surface area contributed by atoms with Crippen molar-refractivity contribution < 1.29 is 0 Å². The molecule has 0 saturated carbocycles. The number of hydrogen-bond donors (Lipinski definition) is 0. The Kier molecular flexibility index (Phi) is 4.37. The molecule has 0 bridgehead atoms. The lowest BCUT2D eigenvalue weighted by Gasteiger charge is -2.03. The first-order valence-electron chi connectivity index (χ1n) is 5.89. The first-order valence-corrected chi connectivity index (χ1v) is 6.97. The topological polar surface area (TPSA) is 0 Å². The van der Waals surface area contributed by atoms with E-state index in [0.29, 0.717) is 0 Å². The number of allylic oxidation sites excluding steroid dienone is 1. The van der Waals surface area contributed by atoms with Gasteiger partial charge in [0.1, 0.15) is 0 Å². The standard InChI is InChI=1S/C17H15I/c1-3-14-8-4-5-9-15(14)12-13(2)16-10-6-7-11-17(16)18/h3-12H,2H2,1H3/b14-3-,15-12-. The van der Waals surface area contributed by atoms with E-state index in [2.05, 4.69) is 84.6 Å². The first kappa shape index (κ1) is 13.1. The van der Waals surface area contributed by atoms with Gasteiger partial charge in [0.25, 0.3) is 0 Å². The Morgan fingerprint density at radius 3 is 2.28 bits per heavy atom. The minimum atomic E-state index is 1.05. The smallest absolute Gasteiger partial charge is 0.0208 e. The summed E-state index contributed by atoms with van der Waals surface area (Å²) in [4.78, 5) is 0. The Morgan fingerprint density at radius 2 is 1.61 bits per heavy atom. The van der Waals surface area contributed by atoms with Gasteiger partial charge in [0, 0.05) is 3.57 Å². The summed E-state index contributed by atoms with van der Waals surface area (Å²) < 4.78 is 1.23. The molecule has 0 aliphatic rings. The molecule has 18 heavy (non-hydrogen) atoms. The van der Waals surface area contributed by atoms with Gasteiger partial charge in [0.05, 0.1) is 0 Å². The first-order chi connectivity index (χ1) is 8.72. The van der Waals surface area contributed by atoms with Gasteiger partial charge in [-0.2, -0.15) is 0 Å². The normalized spacial score (nSPS) is 12.8. The van der Waals surface area contributed by atoms with Crippen LogP contribution in [0.1, 0.15) is 12.5 Å². The lowest BCUT2D eigenvalue weighted by molar-refractivity contribution is 1.50. The zero-order chi connectivity index (χ0) is 13.0. The van der Waals surface area contributed by atoms with Gasteiger partial charge in [0.2, 0.25) is 0 Å². The van der Waals surface area contributed by atoms with E-state index in [1.807, 2.05) is 12.1 Å². The molecule has 0 N–H and O–H groups in total. The van der Waals surface area contributed by atoms with Gasteiger partial charge in [0.15, 0.2) is 0 Å². The minimum Gasteiger partial charge on any atom is -0.0911 e. The Morgan fingerprint density at radius 1 is 1.00 bits per heavy atom. The summed E-state index contributed by atoms with van der Waals surface area (Å²) in [6.45, 7) is 6.24. The van der Waals surface area contributed by atoms with E-state index in [1.165, 1.54) is 19.6 Å². The van der Waals surface area contributed by atoms with Crippen LogP contribution in [0, 0.1) is 3.57 Å². The number of halogens is 1. The molecule has 0 aromatic heterocycles. The molecule has 0 aliphatic heterocycles. The summed E-state index contributed by atoms with van der Waals surface area (Å²) in [5.41, 5.74) is 2.25. The largest absolute Gasteiger partial charge is 0.0911 e. The van der Waals surface area contributed by atoms with Crippen molar-refractivity contribution in [2.45, 2.75) is 6.92 Å². The monoisotopic (exact) mass is 346 g/mol. The summed E-state index contributed by atoms with van der Waals surface area (Å²) in [6.07, 6.45) is 4.27. The van der Waals surface area contributed by atoms with Crippen molar-refractivity contribution >= 4 is 40.3 Å². The lowest BCUT2D eigenvalue weighted by Crippen LogP contribution is -2.23. The number of hydrogen-bond acceptors (Lipinski definition) is 0. The molecule has 0 aliphatic carbocycles. The fourth-order valence-electron chi connectivity index (χ4n) is 1.89. The summed E-state index contributed by atoms with van der Waals surface area (Å²) in [5, 5.41) is 2.45. The summed E-state index contributed by atoms with van der Waals surface area (Å²) >= 11 is 2.35. The Balaban J connectivity index is 2.52. The molecule has 0 fully saturated rings. The SMILES string of the molecule is C=C(/C=c1/cccc/c1=C/C)c1ccccc1I. The molecule has 0 heterocycles. The van der Waals surface area contributed by atoms with Crippen LogP contribution in [0.25, 0.3) is 17.7 Å². The van der Waals surface area contributed by atoms with Crippen LogP contribution in [0.15, 0.2) is 55.1 Å². The van der Waals surface area contributed by atoms with Crippen molar-refractivity contribution in [2.24, 2.45) is 0 Å². The highest BCUT2D eigenvalue weighted by Gasteiger charge is 1.99. The van der Waals surface area contributed by atoms with Crippen LogP contribution in [0.4, 0.5) is 0 Å². The molecular weight excluding hydrogens is 331 g/mol. The van der Waals surface area contributed by atoms with Gasteiger partial charge in [-0.05, 0) is 63.2 Å². The number of benzene rings is 2.